The Labute approximate surface area is 125 Å². The van der Waals surface area contributed by atoms with Gasteiger partial charge in [0.2, 0.25) is 5.91 Å². The third-order valence-electron chi connectivity index (χ3n) is 3.80. The number of amides is 1. The number of nitrogens with two attached hydrogens (primary N) is 1. The maximum Gasteiger partial charge on any atom is 0.224 e. The molecule has 3 N–H and O–H groups in total. The third-order valence-corrected chi connectivity index (χ3v) is 4.02. The van der Waals surface area contributed by atoms with E-state index in [9.17, 15) is 4.79 Å². The number of nitrogens with one attached hydrogen (secondary N) is 1. The van der Waals surface area contributed by atoms with Crippen LogP contribution in [0.15, 0.2) is 18.2 Å². The first kappa shape index (κ1) is 14.8. The Morgan fingerprint density at radius 3 is 2.90 bits per heavy atom. The second kappa shape index (κ2) is 6.22. The molecule has 1 saturated heterocycles. The molecule has 108 valence electrons. The van der Waals surface area contributed by atoms with E-state index >= 15 is 0 Å². The smallest absolute Gasteiger partial charge is 0.224 e. The zero-order chi connectivity index (χ0) is 14.7. The Balaban J connectivity index is 2.27. The SMILES string of the molecule is CNC(=O)C1CCCN(c2ccc(C)cc2C(N)=S)C1. The summed E-state index contributed by atoms with van der Waals surface area (Å²) in [6.07, 6.45) is 1.94. The van der Waals surface area contributed by atoms with Crippen LogP contribution in [0.4, 0.5) is 5.69 Å². The zero-order valence-electron chi connectivity index (χ0n) is 12.0. The van der Waals surface area contributed by atoms with E-state index < -0.39 is 0 Å². The molecule has 0 spiro atoms. The Bertz CT molecular complexity index is 530. The summed E-state index contributed by atoms with van der Waals surface area (Å²) in [7, 11) is 1.69. The van der Waals surface area contributed by atoms with Crippen molar-refractivity contribution < 1.29 is 4.79 Å². The van der Waals surface area contributed by atoms with Gasteiger partial charge in [-0.05, 0) is 31.9 Å². The number of piperidine rings is 1. The third kappa shape index (κ3) is 3.10. The number of hydrogen-bond acceptors (Lipinski definition) is 3. The highest BCUT2D eigenvalue weighted by Crippen LogP contribution is 2.27. The lowest BCUT2D eigenvalue weighted by molar-refractivity contribution is -0.124. The number of nitrogens with zero attached hydrogens (tertiary/aromatic N) is 1. The van der Waals surface area contributed by atoms with Crippen molar-refractivity contribution in [3.63, 3.8) is 0 Å². The van der Waals surface area contributed by atoms with Gasteiger partial charge in [0.1, 0.15) is 4.99 Å². The van der Waals surface area contributed by atoms with Gasteiger partial charge in [-0.25, -0.2) is 0 Å². The number of anilines is 1. The average Bonchev–Trinajstić information content (AvgIpc) is 2.46. The first-order valence-electron chi connectivity index (χ1n) is 6.90. The molecule has 20 heavy (non-hydrogen) atoms. The van der Waals surface area contributed by atoms with Crippen LogP contribution in [0.25, 0.3) is 0 Å². The average molecular weight is 291 g/mol. The van der Waals surface area contributed by atoms with Crippen molar-refractivity contribution >= 4 is 28.8 Å². The molecule has 1 aliphatic rings. The molecule has 0 aliphatic carbocycles. The van der Waals surface area contributed by atoms with E-state index in [1.54, 1.807) is 7.05 Å². The minimum absolute atomic E-state index is 0.0363. The zero-order valence-corrected chi connectivity index (χ0v) is 12.8. The van der Waals surface area contributed by atoms with Gasteiger partial charge in [-0.3, -0.25) is 4.79 Å². The van der Waals surface area contributed by atoms with Crippen LogP contribution in [-0.2, 0) is 4.79 Å². The number of hydrogen-bond donors (Lipinski definition) is 2. The minimum atomic E-state index is 0.0363. The van der Waals surface area contributed by atoms with Gasteiger partial charge < -0.3 is 16.0 Å². The number of carbonyl (C=O) groups excluding carboxylic acids is 1. The second-order valence-corrected chi connectivity index (χ2v) is 5.72. The molecule has 1 aromatic rings. The van der Waals surface area contributed by atoms with E-state index in [2.05, 4.69) is 22.3 Å². The summed E-state index contributed by atoms with van der Waals surface area (Å²) in [5.41, 5.74) is 8.91. The first-order valence-corrected chi connectivity index (χ1v) is 7.30. The summed E-state index contributed by atoms with van der Waals surface area (Å²) in [5, 5.41) is 2.74. The normalized spacial score (nSPS) is 18.7. The second-order valence-electron chi connectivity index (χ2n) is 5.28. The topological polar surface area (TPSA) is 58.4 Å². The van der Waals surface area contributed by atoms with E-state index in [0.717, 1.165) is 42.7 Å². The van der Waals surface area contributed by atoms with Crippen LogP contribution in [0.5, 0.6) is 0 Å². The van der Waals surface area contributed by atoms with Crippen molar-refractivity contribution in [3.8, 4) is 0 Å². The first-order chi connectivity index (χ1) is 9.52. The van der Waals surface area contributed by atoms with Crippen molar-refractivity contribution in [2.75, 3.05) is 25.0 Å². The van der Waals surface area contributed by atoms with Gasteiger partial charge in [-0.1, -0.05) is 23.8 Å². The molecule has 0 aromatic heterocycles. The molecule has 4 nitrogen and oxygen atoms in total. The Morgan fingerprint density at radius 2 is 2.25 bits per heavy atom. The molecule has 5 heteroatoms. The number of carbonyl (C=O) groups is 1. The lowest BCUT2D eigenvalue weighted by Crippen LogP contribution is -2.42. The molecular weight excluding hydrogens is 270 g/mol. The van der Waals surface area contributed by atoms with E-state index in [0.29, 0.717) is 4.99 Å². The monoisotopic (exact) mass is 291 g/mol. The number of aryl methyl sites for hydroxylation is 1. The predicted octanol–water partition coefficient (Wildman–Crippen LogP) is 1.59. The highest BCUT2D eigenvalue weighted by Gasteiger charge is 2.26. The van der Waals surface area contributed by atoms with Crippen molar-refractivity contribution in [1.29, 1.82) is 0 Å². The molecule has 1 aliphatic heterocycles. The summed E-state index contributed by atoms with van der Waals surface area (Å²) in [5.74, 6) is 0.146. The van der Waals surface area contributed by atoms with Crippen LogP contribution in [0.2, 0.25) is 0 Å². The molecule has 0 saturated carbocycles. The minimum Gasteiger partial charge on any atom is -0.389 e. The largest absolute Gasteiger partial charge is 0.389 e. The molecule has 2 rings (SSSR count). The van der Waals surface area contributed by atoms with Crippen LogP contribution < -0.4 is 16.0 Å². The summed E-state index contributed by atoms with van der Waals surface area (Å²) in [6, 6.07) is 6.12. The van der Waals surface area contributed by atoms with Gasteiger partial charge in [0.15, 0.2) is 0 Å². The molecule has 1 atom stereocenters. The molecule has 1 aromatic carbocycles. The van der Waals surface area contributed by atoms with Crippen LogP contribution in [0.1, 0.15) is 24.0 Å². The fourth-order valence-electron chi connectivity index (χ4n) is 2.74. The number of benzene rings is 1. The van der Waals surface area contributed by atoms with Crippen LogP contribution in [-0.4, -0.2) is 31.0 Å². The van der Waals surface area contributed by atoms with Gasteiger partial charge in [0, 0.05) is 31.4 Å². The molecule has 0 radical (unpaired) electrons. The van der Waals surface area contributed by atoms with Crippen molar-refractivity contribution in [3.05, 3.63) is 29.3 Å². The summed E-state index contributed by atoms with van der Waals surface area (Å²) in [4.78, 5) is 14.5. The Hall–Kier alpha value is -1.62. The van der Waals surface area contributed by atoms with Crippen molar-refractivity contribution in [2.24, 2.45) is 11.7 Å². The van der Waals surface area contributed by atoms with E-state index in [-0.39, 0.29) is 11.8 Å². The van der Waals surface area contributed by atoms with E-state index in [4.69, 9.17) is 18.0 Å². The maximum atomic E-state index is 11.8. The fraction of sp³-hybridized carbons (Fsp3) is 0.467. The standard InChI is InChI=1S/C15H21N3OS/c1-10-5-6-13(12(8-10)14(16)20)18-7-3-4-11(9-18)15(19)17-2/h5-6,8,11H,3-4,7,9H2,1-2H3,(H2,16,20)(H,17,19). The summed E-state index contributed by atoms with van der Waals surface area (Å²) >= 11 is 5.15. The number of rotatable bonds is 3. The molecular formula is C15H21N3OS. The highest BCUT2D eigenvalue weighted by atomic mass is 32.1. The summed E-state index contributed by atoms with van der Waals surface area (Å²) < 4.78 is 0. The van der Waals surface area contributed by atoms with E-state index in [1.807, 2.05) is 13.0 Å². The lowest BCUT2D eigenvalue weighted by atomic mass is 9.95. The molecule has 1 heterocycles. The highest BCUT2D eigenvalue weighted by molar-refractivity contribution is 7.80. The Morgan fingerprint density at radius 1 is 1.50 bits per heavy atom. The molecule has 1 fully saturated rings. The molecule has 1 amide bonds. The van der Waals surface area contributed by atoms with Gasteiger partial charge in [-0.2, -0.15) is 0 Å². The van der Waals surface area contributed by atoms with Crippen molar-refractivity contribution in [2.45, 2.75) is 19.8 Å². The Kier molecular flexibility index (Phi) is 4.60. The molecule has 1 unspecified atom stereocenters. The van der Waals surface area contributed by atoms with Crippen molar-refractivity contribution in [1.82, 2.24) is 5.32 Å². The van der Waals surface area contributed by atoms with Crippen LogP contribution in [0, 0.1) is 12.8 Å². The maximum absolute atomic E-state index is 11.8. The molecule has 0 bridgehead atoms. The van der Waals surface area contributed by atoms with Gasteiger partial charge in [0.25, 0.3) is 0 Å². The van der Waals surface area contributed by atoms with Gasteiger partial charge in [-0.15, -0.1) is 0 Å². The quantitative estimate of drug-likeness (QED) is 0.830. The van der Waals surface area contributed by atoms with Crippen LogP contribution in [0.3, 0.4) is 0 Å². The van der Waals surface area contributed by atoms with Gasteiger partial charge in [0.05, 0.1) is 5.92 Å². The van der Waals surface area contributed by atoms with Crippen LogP contribution >= 0.6 is 12.2 Å². The van der Waals surface area contributed by atoms with E-state index in [1.165, 1.54) is 0 Å². The lowest BCUT2D eigenvalue weighted by Gasteiger charge is -2.34. The summed E-state index contributed by atoms with van der Waals surface area (Å²) in [6.45, 7) is 3.68. The fourth-order valence-corrected chi connectivity index (χ4v) is 2.90. The number of thiocarbonyl (C=S) groups is 1. The predicted molar refractivity (Wildman–Crippen MR) is 86.1 cm³/mol. The van der Waals surface area contributed by atoms with Gasteiger partial charge >= 0.3 is 0 Å².